The third-order valence-electron chi connectivity index (χ3n) is 3.29. The summed E-state index contributed by atoms with van der Waals surface area (Å²) >= 11 is 0. The molecule has 0 fully saturated rings. The van der Waals surface area contributed by atoms with Gasteiger partial charge in [-0.25, -0.2) is 0 Å². The fourth-order valence-electron chi connectivity index (χ4n) is 2.33. The van der Waals surface area contributed by atoms with E-state index in [4.69, 9.17) is 0 Å². The maximum atomic E-state index is 10.3. The molecule has 3 aromatic carbocycles. The summed E-state index contributed by atoms with van der Waals surface area (Å²) in [7, 11) is 0. The molecule has 0 radical (unpaired) electrons. The molecule has 2 heteroatoms. The van der Waals surface area contributed by atoms with E-state index in [1.54, 1.807) is 12.1 Å². The smallest absolute Gasteiger partial charge is 0.126 e. The number of fused-ring (bicyclic) bond motifs is 1. The van der Waals surface area contributed by atoms with Gasteiger partial charge in [-0.2, -0.15) is 0 Å². The Hall–Kier alpha value is -2.48. The fraction of sp³-hybridized carbons (Fsp3) is 0.0588. The van der Waals surface area contributed by atoms with E-state index < -0.39 is 0 Å². The van der Waals surface area contributed by atoms with Crippen LogP contribution in [0.15, 0.2) is 60.7 Å². The van der Waals surface area contributed by atoms with Crippen molar-refractivity contribution in [2.75, 3.05) is 0 Å². The van der Waals surface area contributed by atoms with Crippen molar-refractivity contribution in [2.24, 2.45) is 0 Å². The predicted molar refractivity (Wildman–Crippen MR) is 76.5 cm³/mol. The molecule has 0 aliphatic rings. The second-order valence-corrected chi connectivity index (χ2v) is 4.64. The molecule has 0 unspecified atom stereocenters. The molecule has 0 bridgehead atoms. The summed E-state index contributed by atoms with van der Waals surface area (Å²) in [6.07, 6.45) is 0.602. The van der Waals surface area contributed by atoms with Crippen LogP contribution in [0.3, 0.4) is 0 Å². The predicted octanol–water partition coefficient (Wildman–Crippen LogP) is 3.84. The molecule has 19 heavy (non-hydrogen) atoms. The molecule has 0 heterocycles. The second kappa shape index (κ2) is 4.65. The first kappa shape index (κ1) is 11.6. The molecule has 0 saturated carbocycles. The molecule has 3 aromatic rings. The second-order valence-electron chi connectivity index (χ2n) is 4.64. The lowest BCUT2D eigenvalue weighted by Crippen LogP contribution is -1.89. The van der Waals surface area contributed by atoms with Crippen molar-refractivity contribution in [1.82, 2.24) is 0 Å². The number of hydrogen-bond acceptors (Lipinski definition) is 2. The molecule has 0 aliphatic heterocycles. The number of hydrogen-bond donors (Lipinski definition) is 2. The summed E-state index contributed by atoms with van der Waals surface area (Å²) in [6.45, 7) is 0. The zero-order valence-corrected chi connectivity index (χ0v) is 10.4. The number of phenolic OH excluding ortho intramolecular Hbond substituents is 2. The molecule has 0 saturated heterocycles. The Morgan fingerprint density at radius 3 is 2.47 bits per heavy atom. The SMILES string of the molecule is Oc1cccc(Cc2ccc3ccccc3c2O)c1. The summed E-state index contributed by atoms with van der Waals surface area (Å²) in [5, 5.41) is 21.7. The molecule has 0 amide bonds. The van der Waals surface area contributed by atoms with Crippen LogP contribution in [0.1, 0.15) is 11.1 Å². The topological polar surface area (TPSA) is 40.5 Å². The van der Waals surface area contributed by atoms with Crippen LogP contribution in [-0.2, 0) is 6.42 Å². The Bertz CT molecular complexity index is 732. The minimum atomic E-state index is 0.248. The van der Waals surface area contributed by atoms with Crippen molar-refractivity contribution in [3.05, 3.63) is 71.8 Å². The first-order valence-electron chi connectivity index (χ1n) is 6.21. The lowest BCUT2D eigenvalue weighted by Gasteiger charge is -2.08. The van der Waals surface area contributed by atoms with Crippen LogP contribution in [0, 0.1) is 0 Å². The van der Waals surface area contributed by atoms with Gasteiger partial charge in [0.1, 0.15) is 11.5 Å². The Morgan fingerprint density at radius 2 is 1.63 bits per heavy atom. The van der Waals surface area contributed by atoms with E-state index >= 15 is 0 Å². The highest BCUT2D eigenvalue weighted by Gasteiger charge is 2.07. The number of phenols is 2. The van der Waals surface area contributed by atoms with Crippen molar-refractivity contribution < 1.29 is 10.2 Å². The Labute approximate surface area is 111 Å². The summed E-state index contributed by atoms with van der Waals surface area (Å²) in [5.41, 5.74) is 1.84. The molecular formula is C17H14O2. The van der Waals surface area contributed by atoms with E-state index in [0.717, 1.165) is 21.9 Å². The monoisotopic (exact) mass is 250 g/mol. The fourth-order valence-corrected chi connectivity index (χ4v) is 2.33. The van der Waals surface area contributed by atoms with Crippen LogP contribution in [-0.4, -0.2) is 10.2 Å². The van der Waals surface area contributed by atoms with Crippen molar-refractivity contribution >= 4 is 10.8 Å². The molecule has 0 aromatic heterocycles. The van der Waals surface area contributed by atoms with E-state index in [1.165, 1.54) is 0 Å². The van der Waals surface area contributed by atoms with Gasteiger partial charge in [0, 0.05) is 11.8 Å². The molecule has 3 rings (SSSR count). The van der Waals surface area contributed by atoms with E-state index in [0.29, 0.717) is 12.2 Å². The Balaban J connectivity index is 2.04. The summed E-state index contributed by atoms with van der Waals surface area (Å²) in [5.74, 6) is 0.569. The summed E-state index contributed by atoms with van der Waals surface area (Å²) in [6, 6.07) is 18.8. The van der Waals surface area contributed by atoms with E-state index in [-0.39, 0.29) is 5.75 Å². The third kappa shape index (κ3) is 2.25. The van der Waals surface area contributed by atoms with Gasteiger partial charge in [0.05, 0.1) is 0 Å². The van der Waals surface area contributed by atoms with Gasteiger partial charge < -0.3 is 10.2 Å². The average molecular weight is 250 g/mol. The van der Waals surface area contributed by atoms with Crippen LogP contribution < -0.4 is 0 Å². The van der Waals surface area contributed by atoms with Gasteiger partial charge in [-0.15, -0.1) is 0 Å². The minimum absolute atomic E-state index is 0.248. The van der Waals surface area contributed by atoms with Crippen molar-refractivity contribution in [3.8, 4) is 11.5 Å². The van der Waals surface area contributed by atoms with Crippen LogP contribution in [0.4, 0.5) is 0 Å². The van der Waals surface area contributed by atoms with Crippen LogP contribution >= 0.6 is 0 Å². The zero-order valence-electron chi connectivity index (χ0n) is 10.4. The van der Waals surface area contributed by atoms with Crippen LogP contribution in [0.25, 0.3) is 10.8 Å². The van der Waals surface area contributed by atoms with Crippen molar-refractivity contribution in [3.63, 3.8) is 0 Å². The lowest BCUT2D eigenvalue weighted by atomic mass is 9.99. The molecule has 0 atom stereocenters. The molecular weight excluding hydrogens is 236 g/mol. The van der Waals surface area contributed by atoms with E-state index in [2.05, 4.69) is 0 Å². The first-order valence-corrected chi connectivity index (χ1v) is 6.21. The summed E-state index contributed by atoms with van der Waals surface area (Å²) < 4.78 is 0. The largest absolute Gasteiger partial charge is 0.508 e. The first-order chi connectivity index (χ1) is 9.24. The molecule has 2 N–H and O–H groups in total. The van der Waals surface area contributed by atoms with Gasteiger partial charge in [0.25, 0.3) is 0 Å². The van der Waals surface area contributed by atoms with Gasteiger partial charge in [-0.1, -0.05) is 48.5 Å². The highest BCUT2D eigenvalue weighted by Crippen LogP contribution is 2.30. The Morgan fingerprint density at radius 1 is 0.789 bits per heavy atom. The van der Waals surface area contributed by atoms with E-state index in [9.17, 15) is 10.2 Å². The Kier molecular flexibility index (Phi) is 2.84. The quantitative estimate of drug-likeness (QED) is 0.725. The molecule has 94 valence electrons. The molecule has 2 nitrogen and oxygen atoms in total. The van der Waals surface area contributed by atoms with Gasteiger partial charge in [-0.05, 0) is 28.6 Å². The number of benzene rings is 3. The van der Waals surface area contributed by atoms with Crippen molar-refractivity contribution in [2.45, 2.75) is 6.42 Å². The van der Waals surface area contributed by atoms with Gasteiger partial charge in [0.15, 0.2) is 0 Å². The van der Waals surface area contributed by atoms with Crippen LogP contribution in [0.5, 0.6) is 11.5 Å². The van der Waals surface area contributed by atoms with Gasteiger partial charge in [0.2, 0.25) is 0 Å². The lowest BCUT2D eigenvalue weighted by molar-refractivity contribution is 0.472. The third-order valence-corrected chi connectivity index (χ3v) is 3.29. The average Bonchev–Trinajstić information content (AvgIpc) is 2.42. The van der Waals surface area contributed by atoms with Crippen molar-refractivity contribution in [1.29, 1.82) is 0 Å². The minimum Gasteiger partial charge on any atom is -0.508 e. The zero-order chi connectivity index (χ0) is 13.2. The highest BCUT2D eigenvalue weighted by molar-refractivity contribution is 5.89. The highest BCUT2D eigenvalue weighted by atomic mass is 16.3. The van der Waals surface area contributed by atoms with Gasteiger partial charge in [-0.3, -0.25) is 0 Å². The maximum absolute atomic E-state index is 10.3. The van der Waals surface area contributed by atoms with Gasteiger partial charge >= 0.3 is 0 Å². The van der Waals surface area contributed by atoms with E-state index in [1.807, 2.05) is 48.5 Å². The standard InChI is InChI=1S/C17H14O2/c18-15-6-3-4-12(11-15)10-14-9-8-13-5-1-2-7-16(13)17(14)19/h1-9,11,18-19H,10H2. The number of aromatic hydroxyl groups is 2. The normalized spacial score (nSPS) is 10.7. The molecule has 0 spiro atoms. The number of rotatable bonds is 2. The van der Waals surface area contributed by atoms with Crippen LogP contribution in [0.2, 0.25) is 0 Å². The molecule has 0 aliphatic carbocycles. The maximum Gasteiger partial charge on any atom is 0.126 e. The summed E-state index contributed by atoms with van der Waals surface area (Å²) in [4.78, 5) is 0.